The van der Waals surface area contributed by atoms with Crippen LogP contribution in [0.2, 0.25) is 0 Å². The molecule has 0 saturated heterocycles. The van der Waals surface area contributed by atoms with Crippen molar-refractivity contribution in [2.45, 2.75) is 19.4 Å². The molecule has 0 aliphatic heterocycles. The van der Waals surface area contributed by atoms with Crippen molar-refractivity contribution in [3.8, 4) is 0 Å². The molecule has 1 aromatic carbocycles. The number of nitrogens with zero attached hydrogens (tertiary/aromatic N) is 1. The van der Waals surface area contributed by atoms with E-state index in [-0.39, 0.29) is 17.7 Å². The van der Waals surface area contributed by atoms with E-state index in [0.29, 0.717) is 12.1 Å². The third-order valence-corrected chi connectivity index (χ3v) is 3.59. The predicted molar refractivity (Wildman–Crippen MR) is 83.2 cm³/mol. The first-order valence-corrected chi connectivity index (χ1v) is 7.31. The summed E-state index contributed by atoms with van der Waals surface area (Å²) in [6.07, 6.45) is 5.08. The Kier molecular flexibility index (Phi) is 4.14. The lowest BCUT2D eigenvalue weighted by atomic mass is 10.1. The molecule has 0 unspecified atom stereocenters. The summed E-state index contributed by atoms with van der Waals surface area (Å²) in [7, 11) is 0. The zero-order chi connectivity index (χ0) is 15.4. The molecule has 3 rings (SSSR count). The molecule has 5 heteroatoms. The molecule has 0 radical (unpaired) electrons. The summed E-state index contributed by atoms with van der Waals surface area (Å²) in [5, 5.41) is 5.78. The third-order valence-electron chi connectivity index (χ3n) is 3.59. The average molecular weight is 295 g/mol. The van der Waals surface area contributed by atoms with Gasteiger partial charge < -0.3 is 10.6 Å². The molecule has 5 nitrogen and oxygen atoms in total. The molecule has 2 N–H and O–H groups in total. The fraction of sp³-hybridized carbons (Fsp3) is 0.235. The van der Waals surface area contributed by atoms with Gasteiger partial charge in [0.25, 0.3) is 5.91 Å². The van der Waals surface area contributed by atoms with Gasteiger partial charge in [-0.25, -0.2) is 0 Å². The highest BCUT2D eigenvalue weighted by atomic mass is 16.2. The van der Waals surface area contributed by atoms with Gasteiger partial charge >= 0.3 is 0 Å². The second-order valence-electron chi connectivity index (χ2n) is 5.35. The molecule has 0 spiro atoms. The fourth-order valence-corrected chi connectivity index (χ4v) is 2.15. The van der Waals surface area contributed by atoms with Crippen LogP contribution >= 0.6 is 0 Å². The second kappa shape index (κ2) is 6.39. The summed E-state index contributed by atoms with van der Waals surface area (Å²) in [6.45, 7) is 0.356. The Hall–Kier alpha value is -2.69. The largest absolute Gasteiger partial charge is 0.348 e. The van der Waals surface area contributed by atoms with Crippen molar-refractivity contribution in [1.29, 1.82) is 0 Å². The van der Waals surface area contributed by atoms with Gasteiger partial charge in [-0.05, 0) is 36.6 Å². The minimum atomic E-state index is -0.184. The number of para-hydroxylation sites is 1. The van der Waals surface area contributed by atoms with Gasteiger partial charge in [-0.2, -0.15) is 0 Å². The van der Waals surface area contributed by atoms with Crippen molar-refractivity contribution in [3.05, 3.63) is 59.9 Å². The number of carbonyl (C=O) groups excluding carboxylic acids is 2. The van der Waals surface area contributed by atoms with Crippen LogP contribution in [0.5, 0.6) is 0 Å². The van der Waals surface area contributed by atoms with E-state index < -0.39 is 0 Å². The minimum Gasteiger partial charge on any atom is -0.348 e. The van der Waals surface area contributed by atoms with Gasteiger partial charge in [0.15, 0.2) is 0 Å². The number of anilines is 1. The van der Waals surface area contributed by atoms with E-state index in [9.17, 15) is 9.59 Å². The van der Waals surface area contributed by atoms with Crippen LogP contribution in [-0.2, 0) is 11.3 Å². The van der Waals surface area contributed by atoms with E-state index in [4.69, 9.17) is 0 Å². The molecule has 1 fully saturated rings. The van der Waals surface area contributed by atoms with Gasteiger partial charge in [0.05, 0.1) is 5.56 Å². The summed E-state index contributed by atoms with van der Waals surface area (Å²) in [5.74, 6) is 0.0282. The number of benzene rings is 1. The van der Waals surface area contributed by atoms with E-state index in [1.165, 1.54) is 6.20 Å². The summed E-state index contributed by atoms with van der Waals surface area (Å²) in [4.78, 5) is 27.8. The summed E-state index contributed by atoms with van der Waals surface area (Å²) in [6, 6.07) is 10.9. The number of carbonyl (C=O) groups is 2. The van der Waals surface area contributed by atoms with Gasteiger partial charge in [-0.15, -0.1) is 0 Å². The summed E-state index contributed by atoms with van der Waals surface area (Å²) >= 11 is 0. The molecule has 0 atom stereocenters. The van der Waals surface area contributed by atoms with Crippen molar-refractivity contribution in [2.24, 2.45) is 5.92 Å². The maximum absolute atomic E-state index is 12.0. The van der Waals surface area contributed by atoms with E-state index in [1.54, 1.807) is 18.3 Å². The van der Waals surface area contributed by atoms with E-state index in [0.717, 1.165) is 24.1 Å². The van der Waals surface area contributed by atoms with E-state index in [1.807, 2.05) is 24.3 Å². The number of nitrogens with one attached hydrogen (secondary N) is 2. The quantitative estimate of drug-likeness (QED) is 0.889. The smallest absolute Gasteiger partial charge is 0.253 e. The number of pyridine rings is 1. The summed E-state index contributed by atoms with van der Waals surface area (Å²) < 4.78 is 0. The SMILES string of the molecule is O=C(NCc1ccccc1NC(=O)C1CC1)c1cccnc1. The zero-order valence-corrected chi connectivity index (χ0v) is 12.1. The van der Waals surface area contributed by atoms with Crippen molar-refractivity contribution in [3.63, 3.8) is 0 Å². The van der Waals surface area contributed by atoms with Crippen LogP contribution in [0.4, 0.5) is 5.69 Å². The Balaban J connectivity index is 1.64. The fourth-order valence-electron chi connectivity index (χ4n) is 2.15. The molecule has 0 bridgehead atoms. The predicted octanol–water partition coefficient (Wildman–Crippen LogP) is 2.36. The van der Waals surface area contributed by atoms with Crippen molar-refractivity contribution in [1.82, 2.24) is 10.3 Å². The Morgan fingerprint density at radius 3 is 2.68 bits per heavy atom. The molecule has 2 aromatic rings. The van der Waals surface area contributed by atoms with Crippen LogP contribution in [0, 0.1) is 5.92 Å². The van der Waals surface area contributed by atoms with E-state index in [2.05, 4.69) is 15.6 Å². The van der Waals surface area contributed by atoms with Crippen molar-refractivity contribution >= 4 is 17.5 Å². The molecule has 22 heavy (non-hydrogen) atoms. The van der Waals surface area contributed by atoms with Gasteiger partial charge in [0, 0.05) is 30.5 Å². The maximum Gasteiger partial charge on any atom is 0.253 e. The first kappa shape index (κ1) is 14.3. The molecule has 1 aromatic heterocycles. The lowest BCUT2D eigenvalue weighted by Crippen LogP contribution is -2.24. The molecule has 1 aliphatic rings. The topological polar surface area (TPSA) is 71.1 Å². The van der Waals surface area contributed by atoms with Crippen molar-refractivity contribution in [2.75, 3.05) is 5.32 Å². The van der Waals surface area contributed by atoms with Gasteiger partial charge in [0.2, 0.25) is 5.91 Å². The highest BCUT2D eigenvalue weighted by Gasteiger charge is 2.29. The monoisotopic (exact) mass is 295 g/mol. The number of rotatable bonds is 5. The number of aromatic nitrogens is 1. The minimum absolute atomic E-state index is 0.0611. The van der Waals surface area contributed by atoms with Crippen LogP contribution in [-0.4, -0.2) is 16.8 Å². The first-order chi connectivity index (χ1) is 10.7. The van der Waals surface area contributed by atoms with Crippen LogP contribution < -0.4 is 10.6 Å². The molecule has 1 saturated carbocycles. The van der Waals surface area contributed by atoms with Crippen LogP contribution in [0.3, 0.4) is 0 Å². The average Bonchev–Trinajstić information content (AvgIpc) is 3.39. The molecule has 112 valence electrons. The van der Waals surface area contributed by atoms with E-state index >= 15 is 0 Å². The Labute approximate surface area is 128 Å². The molecule has 2 amide bonds. The zero-order valence-electron chi connectivity index (χ0n) is 12.1. The highest BCUT2D eigenvalue weighted by molar-refractivity contribution is 5.95. The first-order valence-electron chi connectivity index (χ1n) is 7.31. The number of hydrogen-bond donors (Lipinski definition) is 2. The maximum atomic E-state index is 12.0. The normalized spacial score (nSPS) is 13.5. The van der Waals surface area contributed by atoms with Gasteiger partial charge in [-0.1, -0.05) is 18.2 Å². The van der Waals surface area contributed by atoms with Gasteiger partial charge in [-0.3, -0.25) is 14.6 Å². The third kappa shape index (κ3) is 3.49. The highest BCUT2D eigenvalue weighted by Crippen LogP contribution is 2.30. The van der Waals surface area contributed by atoms with Crippen LogP contribution in [0.15, 0.2) is 48.8 Å². The van der Waals surface area contributed by atoms with Crippen LogP contribution in [0.1, 0.15) is 28.8 Å². The second-order valence-corrected chi connectivity index (χ2v) is 5.35. The molecule has 1 aliphatic carbocycles. The van der Waals surface area contributed by atoms with Crippen LogP contribution in [0.25, 0.3) is 0 Å². The van der Waals surface area contributed by atoms with Gasteiger partial charge in [0.1, 0.15) is 0 Å². The summed E-state index contributed by atoms with van der Waals surface area (Å²) in [5.41, 5.74) is 2.15. The Bertz CT molecular complexity index is 681. The standard InChI is InChI=1S/C17H17N3O2/c21-16(14-5-3-9-18-10-14)19-11-13-4-1-2-6-15(13)20-17(22)12-7-8-12/h1-6,9-10,12H,7-8,11H2,(H,19,21)(H,20,22). The Morgan fingerprint density at radius 1 is 1.14 bits per heavy atom. The Morgan fingerprint density at radius 2 is 1.95 bits per heavy atom. The lowest BCUT2D eigenvalue weighted by molar-refractivity contribution is -0.117. The number of amides is 2. The molecular formula is C17H17N3O2. The number of hydrogen-bond acceptors (Lipinski definition) is 3. The molecular weight excluding hydrogens is 278 g/mol. The lowest BCUT2D eigenvalue weighted by Gasteiger charge is -2.11. The molecule has 1 heterocycles. The van der Waals surface area contributed by atoms with Crippen molar-refractivity contribution < 1.29 is 9.59 Å².